The van der Waals surface area contributed by atoms with Gasteiger partial charge in [0.2, 0.25) is 5.95 Å². The minimum atomic E-state index is 0.288. The molecule has 0 aliphatic heterocycles. The van der Waals surface area contributed by atoms with E-state index in [2.05, 4.69) is 21.1 Å². The highest BCUT2D eigenvalue weighted by Gasteiger charge is 2.06. The van der Waals surface area contributed by atoms with Crippen LogP contribution in [0.15, 0.2) is 36.8 Å². The highest BCUT2D eigenvalue weighted by atomic mass is 15.3. The fourth-order valence-electron chi connectivity index (χ4n) is 1.86. The molecule has 0 saturated carbocycles. The van der Waals surface area contributed by atoms with Crippen molar-refractivity contribution >= 4 is 11.6 Å². The van der Waals surface area contributed by atoms with Crippen LogP contribution < -0.4 is 5.73 Å². The lowest BCUT2D eigenvalue weighted by Crippen LogP contribution is -1.92. The molecule has 84 valence electrons. The molecule has 0 aliphatic carbocycles. The molecule has 5 nitrogen and oxygen atoms in total. The van der Waals surface area contributed by atoms with E-state index in [0.29, 0.717) is 0 Å². The van der Waals surface area contributed by atoms with Crippen LogP contribution in [0.2, 0.25) is 0 Å². The van der Waals surface area contributed by atoms with Crippen LogP contribution in [0.25, 0.3) is 16.8 Å². The topological polar surface area (TPSA) is 69.1 Å². The second-order valence-electron chi connectivity index (χ2n) is 3.89. The van der Waals surface area contributed by atoms with Crippen molar-refractivity contribution in [3.63, 3.8) is 0 Å². The van der Waals surface area contributed by atoms with Crippen molar-refractivity contribution in [1.29, 1.82) is 0 Å². The summed E-state index contributed by atoms with van der Waals surface area (Å²) in [7, 11) is 0. The second-order valence-corrected chi connectivity index (χ2v) is 3.89. The molecule has 0 fully saturated rings. The van der Waals surface area contributed by atoms with E-state index in [-0.39, 0.29) is 5.95 Å². The Labute approximate surface area is 97.9 Å². The molecule has 3 heterocycles. The first kappa shape index (κ1) is 9.77. The third-order valence-corrected chi connectivity index (χ3v) is 2.63. The van der Waals surface area contributed by atoms with Gasteiger partial charge in [0.1, 0.15) is 0 Å². The van der Waals surface area contributed by atoms with E-state index in [9.17, 15) is 0 Å². The van der Waals surface area contributed by atoms with Crippen LogP contribution in [0.4, 0.5) is 5.95 Å². The first-order chi connectivity index (χ1) is 8.24. The van der Waals surface area contributed by atoms with Crippen molar-refractivity contribution in [3.8, 4) is 11.1 Å². The molecule has 0 atom stereocenters. The van der Waals surface area contributed by atoms with Crippen molar-refractivity contribution < 1.29 is 0 Å². The molecule has 0 aromatic carbocycles. The van der Waals surface area contributed by atoms with Crippen LogP contribution in [0, 0.1) is 6.92 Å². The Bertz CT molecular complexity index is 672. The lowest BCUT2D eigenvalue weighted by molar-refractivity contribution is 0.964. The van der Waals surface area contributed by atoms with Crippen molar-refractivity contribution in [1.82, 2.24) is 19.6 Å². The van der Waals surface area contributed by atoms with E-state index in [1.54, 1.807) is 10.7 Å². The summed E-state index contributed by atoms with van der Waals surface area (Å²) in [6.45, 7) is 1.99. The molecular weight excluding hydrogens is 214 g/mol. The fraction of sp³-hybridized carbons (Fsp3) is 0.0833. The molecule has 0 bridgehead atoms. The van der Waals surface area contributed by atoms with E-state index < -0.39 is 0 Å². The maximum atomic E-state index is 5.59. The Hall–Kier alpha value is -2.43. The number of hydrogen-bond acceptors (Lipinski definition) is 4. The summed E-state index contributed by atoms with van der Waals surface area (Å²) in [5.41, 5.74) is 9.51. The van der Waals surface area contributed by atoms with Gasteiger partial charge in [-0.25, -0.2) is 4.52 Å². The summed E-state index contributed by atoms with van der Waals surface area (Å²) in [4.78, 5) is 8.27. The number of rotatable bonds is 1. The minimum absolute atomic E-state index is 0.288. The smallest absolute Gasteiger partial charge is 0.240 e. The maximum absolute atomic E-state index is 5.59. The average molecular weight is 225 g/mol. The van der Waals surface area contributed by atoms with E-state index in [0.717, 1.165) is 22.3 Å². The number of anilines is 1. The molecule has 0 radical (unpaired) electrons. The Kier molecular flexibility index (Phi) is 2.04. The lowest BCUT2D eigenvalue weighted by Gasteiger charge is -2.03. The van der Waals surface area contributed by atoms with Crippen LogP contribution in [-0.2, 0) is 0 Å². The summed E-state index contributed by atoms with van der Waals surface area (Å²) < 4.78 is 1.70. The number of aromatic nitrogens is 4. The van der Waals surface area contributed by atoms with E-state index in [1.165, 1.54) is 0 Å². The van der Waals surface area contributed by atoms with Gasteiger partial charge in [0.05, 0.1) is 0 Å². The standard InChI is InChI=1S/C12H11N5/c1-8-5-10(9-3-2-4-14-6-9)7-17-11(8)15-12(13)16-17/h2-7H,1H3,(H2,13,16). The Morgan fingerprint density at radius 2 is 2.18 bits per heavy atom. The predicted octanol–water partition coefficient (Wildman–Crippen LogP) is 1.68. The quantitative estimate of drug-likeness (QED) is 0.684. The Morgan fingerprint density at radius 1 is 1.29 bits per heavy atom. The van der Waals surface area contributed by atoms with Crippen LogP contribution in [0.5, 0.6) is 0 Å². The van der Waals surface area contributed by atoms with Gasteiger partial charge in [0.25, 0.3) is 0 Å². The molecule has 3 aromatic heterocycles. The molecule has 0 spiro atoms. The van der Waals surface area contributed by atoms with Gasteiger partial charge in [-0.2, -0.15) is 4.98 Å². The summed E-state index contributed by atoms with van der Waals surface area (Å²) >= 11 is 0. The lowest BCUT2D eigenvalue weighted by atomic mass is 10.1. The van der Waals surface area contributed by atoms with Crippen LogP contribution in [-0.4, -0.2) is 19.6 Å². The van der Waals surface area contributed by atoms with E-state index >= 15 is 0 Å². The van der Waals surface area contributed by atoms with Gasteiger partial charge in [-0.3, -0.25) is 4.98 Å². The van der Waals surface area contributed by atoms with Crippen LogP contribution in [0.1, 0.15) is 5.56 Å². The van der Waals surface area contributed by atoms with Gasteiger partial charge >= 0.3 is 0 Å². The normalized spacial score (nSPS) is 10.9. The van der Waals surface area contributed by atoms with Crippen molar-refractivity contribution in [2.75, 3.05) is 5.73 Å². The predicted molar refractivity (Wildman–Crippen MR) is 65.4 cm³/mol. The zero-order valence-electron chi connectivity index (χ0n) is 9.33. The third-order valence-electron chi connectivity index (χ3n) is 2.63. The monoisotopic (exact) mass is 225 g/mol. The average Bonchev–Trinajstić information content (AvgIpc) is 2.71. The largest absolute Gasteiger partial charge is 0.366 e. The highest BCUT2D eigenvalue weighted by Crippen LogP contribution is 2.21. The number of nitrogen functional groups attached to an aromatic ring is 1. The molecule has 0 unspecified atom stereocenters. The van der Waals surface area contributed by atoms with E-state index in [4.69, 9.17) is 5.73 Å². The number of pyridine rings is 2. The molecular formula is C12H11N5. The van der Waals surface area contributed by atoms with Gasteiger partial charge in [-0.05, 0) is 24.6 Å². The van der Waals surface area contributed by atoms with Crippen molar-refractivity contribution in [2.24, 2.45) is 0 Å². The van der Waals surface area contributed by atoms with Crippen molar-refractivity contribution in [2.45, 2.75) is 6.92 Å². The van der Waals surface area contributed by atoms with E-state index in [1.807, 2.05) is 31.5 Å². The zero-order chi connectivity index (χ0) is 11.8. The van der Waals surface area contributed by atoms with Gasteiger partial charge in [-0.1, -0.05) is 6.07 Å². The molecule has 17 heavy (non-hydrogen) atoms. The fourth-order valence-corrected chi connectivity index (χ4v) is 1.86. The maximum Gasteiger partial charge on any atom is 0.240 e. The number of aryl methyl sites for hydroxylation is 1. The van der Waals surface area contributed by atoms with Gasteiger partial charge in [0, 0.05) is 29.7 Å². The SMILES string of the molecule is Cc1cc(-c2cccnc2)cn2nc(N)nc12. The molecule has 0 aliphatic rings. The minimum Gasteiger partial charge on any atom is -0.366 e. The number of nitrogens with zero attached hydrogens (tertiary/aromatic N) is 4. The molecule has 0 amide bonds. The highest BCUT2D eigenvalue weighted by molar-refractivity contribution is 5.66. The van der Waals surface area contributed by atoms with Gasteiger partial charge < -0.3 is 5.73 Å². The number of hydrogen-bond donors (Lipinski definition) is 1. The summed E-state index contributed by atoms with van der Waals surface area (Å²) in [5.74, 6) is 0.288. The summed E-state index contributed by atoms with van der Waals surface area (Å²) in [6.07, 6.45) is 5.48. The molecule has 3 rings (SSSR count). The van der Waals surface area contributed by atoms with Gasteiger partial charge in [-0.15, -0.1) is 5.10 Å². The van der Waals surface area contributed by atoms with Crippen LogP contribution in [0.3, 0.4) is 0 Å². The van der Waals surface area contributed by atoms with Crippen LogP contribution >= 0.6 is 0 Å². The van der Waals surface area contributed by atoms with Crippen molar-refractivity contribution in [3.05, 3.63) is 42.4 Å². The third kappa shape index (κ3) is 1.61. The second kappa shape index (κ2) is 3.55. The first-order valence-corrected chi connectivity index (χ1v) is 5.27. The molecule has 3 aromatic rings. The molecule has 0 saturated heterocycles. The number of nitrogens with two attached hydrogens (primary N) is 1. The Balaban J connectivity index is 2.25. The zero-order valence-corrected chi connectivity index (χ0v) is 9.33. The first-order valence-electron chi connectivity index (χ1n) is 5.27. The summed E-state index contributed by atoms with van der Waals surface area (Å²) in [6, 6.07) is 5.97. The van der Waals surface area contributed by atoms with Gasteiger partial charge in [0.15, 0.2) is 5.65 Å². The molecule has 2 N–H and O–H groups in total. The Morgan fingerprint density at radius 3 is 2.94 bits per heavy atom. The number of fused-ring (bicyclic) bond motifs is 1. The summed E-state index contributed by atoms with van der Waals surface area (Å²) in [5, 5.41) is 4.12. The molecule has 5 heteroatoms.